The Labute approximate surface area is 135 Å². The molecule has 1 N–H and O–H groups in total. The molecule has 1 aliphatic rings. The average Bonchev–Trinajstić information content (AvgIpc) is 3.27. The highest BCUT2D eigenvalue weighted by atomic mass is 32.2. The molecule has 1 aromatic heterocycles. The minimum absolute atomic E-state index is 0.0687. The third-order valence-electron chi connectivity index (χ3n) is 3.33. The van der Waals surface area contributed by atoms with Gasteiger partial charge in [0.05, 0.1) is 16.2 Å². The van der Waals surface area contributed by atoms with Gasteiger partial charge in [-0.3, -0.25) is 14.9 Å². The first-order chi connectivity index (χ1) is 11.0. The molecule has 1 aromatic carbocycles. The molecule has 10 heteroatoms. The van der Waals surface area contributed by atoms with Crippen molar-refractivity contribution in [2.24, 2.45) is 0 Å². The second kappa shape index (κ2) is 6.32. The van der Waals surface area contributed by atoms with Gasteiger partial charge in [0.2, 0.25) is 11.1 Å². The van der Waals surface area contributed by atoms with E-state index < -0.39 is 10.2 Å². The van der Waals surface area contributed by atoms with E-state index in [2.05, 4.69) is 20.8 Å². The molecule has 0 radical (unpaired) electrons. The Morgan fingerprint density at radius 3 is 3.00 bits per heavy atom. The van der Waals surface area contributed by atoms with Crippen LogP contribution in [0.15, 0.2) is 29.4 Å². The van der Waals surface area contributed by atoms with E-state index in [0.717, 1.165) is 12.8 Å². The Hall–Kier alpha value is -2.49. The molecule has 1 fully saturated rings. The molecule has 1 unspecified atom stereocenters. The molecular formula is C13H14N6O3S. The number of carbonyl (C=O) groups is 1. The van der Waals surface area contributed by atoms with Gasteiger partial charge in [0.1, 0.15) is 0 Å². The summed E-state index contributed by atoms with van der Waals surface area (Å²) in [6.45, 7) is 1.74. The van der Waals surface area contributed by atoms with Crippen molar-refractivity contribution < 1.29 is 9.72 Å². The third kappa shape index (κ3) is 3.65. The second-order valence-electron chi connectivity index (χ2n) is 5.19. The van der Waals surface area contributed by atoms with Crippen LogP contribution >= 0.6 is 11.8 Å². The summed E-state index contributed by atoms with van der Waals surface area (Å²) in [7, 11) is 0. The lowest BCUT2D eigenvalue weighted by Gasteiger charge is -2.11. The number of nitro groups is 1. The van der Waals surface area contributed by atoms with Gasteiger partial charge in [-0.15, -0.1) is 5.10 Å². The van der Waals surface area contributed by atoms with E-state index in [1.54, 1.807) is 17.7 Å². The Bertz CT molecular complexity index is 745. The number of aromatic nitrogens is 4. The molecule has 0 bridgehead atoms. The van der Waals surface area contributed by atoms with Gasteiger partial charge in [0, 0.05) is 17.8 Å². The first-order valence-corrected chi connectivity index (χ1v) is 7.92. The van der Waals surface area contributed by atoms with Gasteiger partial charge < -0.3 is 5.32 Å². The highest BCUT2D eigenvalue weighted by Crippen LogP contribution is 2.37. The highest BCUT2D eigenvalue weighted by molar-refractivity contribution is 8.00. The fourth-order valence-corrected chi connectivity index (χ4v) is 2.82. The van der Waals surface area contributed by atoms with E-state index in [0.29, 0.717) is 16.9 Å². The maximum atomic E-state index is 12.2. The van der Waals surface area contributed by atoms with Crippen molar-refractivity contribution in [3.8, 4) is 0 Å². The summed E-state index contributed by atoms with van der Waals surface area (Å²) in [5.41, 5.74) is 0.319. The second-order valence-corrected chi connectivity index (χ2v) is 6.50. The van der Waals surface area contributed by atoms with E-state index in [1.807, 2.05) is 0 Å². The quantitative estimate of drug-likeness (QED) is 0.488. The fraction of sp³-hybridized carbons (Fsp3) is 0.385. The van der Waals surface area contributed by atoms with Crippen molar-refractivity contribution in [2.45, 2.75) is 36.2 Å². The molecule has 0 aliphatic heterocycles. The Morgan fingerprint density at radius 2 is 2.30 bits per heavy atom. The Balaban J connectivity index is 1.64. The summed E-state index contributed by atoms with van der Waals surface area (Å²) in [5.74, 6) is -0.263. The van der Waals surface area contributed by atoms with Crippen LogP contribution in [0.1, 0.15) is 25.8 Å². The largest absolute Gasteiger partial charge is 0.325 e. The molecule has 120 valence electrons. The summed E-state index contributed by atoms with van der Waals surface area (Å²) in [4.78, 5) is 22.5. The van der Waals surface area contributed by atoms with Crippen LogP contribution in [0.2, 0.25) is 0 Å². The topological polar surface area (TPSA) is 116 Å². The average molecular weight is 334 g/mol. The number of thioether (sulfide) groups is 1. The van der Waals surface area contributed by atoms with E-state index in [4.69, 9.17) is 0 Å². The predicted molar refractivity (Wildman–Crippen MR) is 83.1 cm³/mol. The van der Waals surface area contributed by atoms with E-state index in [9.17, 15) is 14.9 Å². The monoisotopic (exact) mass is 334 g/mol. The van der Waals surface area contributed by atoms with E-state index in [1.165, 1.54) is 30.0 Å². The molecule has 0 saturated heterocycles. The SMILES string of the molecule is CC(Sc1nnnn1C1CC1)C(=O)Nc1cccc([N+](=O)[O-])c1. The van der Waals surface area contributed by atoms with Gasteiger partial charge in [-0.2, -0.15) is 0 Å². The Morgan fingerprint density at radius 1 is 1.52 bits per heavy atom. The lowest BCUT2D eigenvalue weighted by atomic mass is 10.2. The standard InChI is InChI=1S/C13H14N6O3S/c1-8(23-13-15-16-17-18(13)10-5-6-10)12(20)14-9-3-2-4-11(7-9)19(21)22/h2-4,7-8,10H,5-6H2,1H3,(H,14,20). The number of carbonyl (C=O) groups excluding carboxylic acids is 1. The van der Waals surface area contributed by atoms with Gasteiger partial charge in [-0.05, 0) is 36.3 Å². The zero-order valence-electron chi connectivity index (χ0n) is 12.2. The van der Waals surface area contributed by atoms with Crippen LogP contribution in [0.3, 0.4) is 0 Å². The van der Waals surface area contributed by atoms with Gasteiger partial charge in [-0.25, -0.2) is 4.68 Å². The normalized spacial score (nSPS) is 15.2. The van der Waals surface area contributed by atoms with Crippen LogP contribution in [0, 0.1) is 10.1 Å². The molecule has 2 aromatic rings. The number of benzene rings is 1. The van der Waals surface area contributed by atoms with Gasteiger partial charge in [-0.1, -0.05) is 17.8 Å². The molecule has 1 heterocycles. The molecule has 1 atom stereocenters. The first kappa shape index (κ1) is 15.4. The van der Waals surface area contributed by atoms with Crippen molar-refractivity contribution in [1.29, 1.82) is 0 Å². The number of amides is 1. The number of hydrogen-bond donors (Lipinski definition) is 1. The lowest BCUT2D eigenvalue weighted by Crippen LogP contribution is -2.23. The molecule has 3 rings (SSSR count). The van der Waals surface area contributed by atoms with Crippen LogP contribution in [0.5, 0.6) is 0 Å². The minimum atomic E-state index is -0.502. The molecule has 1 saturated carbocycles. The highest BCUT2D eigenvalue weighted by Gasteiger charge is 2.29. The van der Waals surface area contributed by atoms with Gasteiger partial charge >= 0.3 is 0 Å². The summed E-state index contributed by atoms with van der Waals surface area (Å²) in [6, 6.07) is 6.16. The third-order valence-corrected chi connectivity index (χ3v) is 4.38. The maximum absolute atomic E-state index is 12.2. The summed E-state index contributed by atoms with van der Waals surface area (Å²) >= 11 is 1.26. The number of nitrogens with zero attached hydrogens (tertiary/aromatic N) is 5. The molecule has 9 nitrogen and oxygen atoms in total. The zero-order chi connectivity index (χ0) is 16.4. The van der Waals surface area contributed by atoms with Crippen LogP contribution in [0.4, 0.5) is 11.4 Å². The number of nitrogens with one attached hydrogen (secondary N) is 1. The lowest BCUT2D eigenvalue weighted by molar-refractivity contribution is -0.384. The van der Waals surface area contributed by atoms with Gasteiger partial charge in [0.15, 0.2) is 0 Å². The van der Waals surface area contributed by atoms with Gasteiger partial charge in [0.25, 0.3) is 5.69 Å². The van der Waals surface area contributed by atoms with E-state index in [-0.39, 0.29) is 11.6 Å². The molecule has 1 aliphatic carbocycles. The molecule has 1 amide bonds. The maximum Gasteiger partial charge on any atom is 0.271 e. The number of nitro benzene ring substituents is 1. The first-order valence-electron chi connectivity index (χ1n) is 7.04. The minimum Gasteiger partial charge on any atom is -0.325 e. The number of hydrogen-bond acceptors (Lipinski definition) is 7. The van der Waals surface area contributed by atoms with Crippen LogP contribution in [0.25, 0.3) is 0 Å². The zero-order valence-corrected chi connectivity index (χ0v) is 13.1. The number of rotatable bonds is 6. The smallest absolute Gasteiger partial charge is 0.271 e. The van der Waals surface area contributed by atoms with E-state index >= 15 is 0 Å². The van der Waals surface area contributed by atoms with Crippen LogP contribution in [-0.4, -0.2) is 36.3 Å². The van der Waals surface area contributed by atoms with Crippen molar-refractivity contribution in [3.05, 3.63) is 34.4 Å². The van der Waals surface area contributed by atoms with Crippen LogP contribution in [-0.2, 0) is 4.79 Å². The predicted octanol–water partition coefficient (Wildman–Crippen LogP) is 2.04. The Kier molecular flexibility index (Phi) is 4.24. The fourth-order valence-electron chi connectivity index (χ4n) is 1.96. The molecule has 0 spiro atoms. The number of anilines is 1. The molecule has 23 heavy (non-hydrogen) atoms. The summed E-state index contributed by atoms with van der Waals surface area (Å²) in [5, 5.41) is 25.1. The summed E-state index contributed by atoms with van der Waals surface area (Å²) < 4.78 is 1.74. The number of non-ortho nitro benzene ring substituents is 1. The molecular weight excluding hydrogens is 320 g/mol. The number of tetrazole rings is 1. The van der Waals surface area contributed by atoms with Crippen LogP contribution < -0.4 is 5.32 Å². The van der Waals surface area contributed by atoms with Crippen molar-refractivity contribution >= 4 is 29.0 Å². The van der Waals surface area contributed by atoms with Crippen molar-refractivity contribution in [3.63, 3.8) is 0 Å². The van der Waals surface area contributed by atoms with Crippen molar-refractivity contribution in [1.82, 2.24) is 20.2 Å². The summed E-state index contributed by atoms with van der Waals surface area (Å²) in [6.07, 6.45) is 2.10. The van der Waals surface area contributed by atoms with Crippen molar-refractivity contribution in [2.75, 3.05) is 5.32 Å².